The number of aromatic nitrogens is 1. The van der Waals surface area contributed by atoms with Crippen LogP contribution < -0.4 is 0 Å². The zero-order valence-corrected chi connectivity index (χ0v) is 13.5. The number of halogens is 1. The van der Waals surface area contributed by atoms with Gasteiger partial charge in [-0.3, -0.25) is 4.98 Å². The minimum absolute atomic E-state index is 0.381. The Kier molecular flexibility index (Phi) is 5.80. The molecule has 0 aliphatic rings. The normalized spacial score (nSPS) is 14.3. The molecule has 1 rings (SSSR count). The second-order valence-corrected chi connectivity index (χ2v) is 7.89. The van der Waals surface area contributed by atoms with E-state index in [0.29, 0.717) is 10.7 Å². The van der Waals surface area contributed by atoms with Gasteiger partial charge in [-0.2, -0.15) is 0 Å². The predicted octanol–water partition coefficient (Wildman–Crippen LogP) is 2.68. The predicted molar refractivity (Wildman–Crippen MR) is 82.1 cm³/mol. The highest BCUT2D eigenvalue weighted by Gasteiger charge is 2.25. The standard InChI is InChI=1S/C13H20ClN3OS/c1-13(2,3)19(18)16-8-12-11(14)6-10(7-15-12)9-17(4)5/h6-8H,9H2,1-5H3/t19-/m0/s1. The van der Waals surface area contributed by atoms with E-state index in [9.17, 15) is 4.55 Å². The molecule has 0 aliphatic heterocycles. The van der Waals surface area contributed by atoms with E-state index < -0.39 is 11.4 Å². The van der Waals surface area contributed by atoms with Gasteiger partial charge in [0.05, 0.1) is 5.02 Å². The molecule has 6 heteroatoms. The van der Waals surface area contributed by atoms with Crippen molar-refractivity contribution in [1.82, 2.24) is 9.88 Å². The van der Waals surface area contributed by atoms with Crippen molar-refractivity contribution >= 4 is 29.2 Å². The summed E-state index contributed by atoms with van der Waals surface area (Å²) in [7, 11) is 3.96. The molecule has 0 amide bonds. The molecule has 0 saturated carbocycles. The first-order valence-corrected chi connectivity index (χ1v) is 7.44. The zero-order chi connectivity index (χ0) is 14.6. The first kappa shape index (κ1) is 16.4. The number of pyridine rings is 1. The summed E-state index contributed by atoms with van der Waals surface area (Å²) in [4.78, 5) is 6.28. The molecule has 0 fully saturated rings. The van der Waals surface area contributed by atoms with Gasteiger partial charge in [0.25, 0.3) is 0 Å². The molecule has 0 bridgehead atoms. The number of hydrogen-bond donors (Lipinski definition) is 0. The largest absolute Gasteiger partial charge is 0.591 e. The van der Waals surface area contributed by atoms with E-state index in [2.05, 4.69) is 9.38 Å². The number of rotatable bonds is 4. The molecule has 0 unspecified atom stereocenters. The molecular weight excluding hydrogens is 282 g/mol. The van der Waals surface area contributed by atoms with Crippen molar-refractivity contribution in [3.63, 3.8) is 0 Å². The minimum atomic E-state index is -1.30. The molecule has 0 aromatic carbocycles. The molecule has 4 nitrogen and oxygen atoms in total. The van der Waals surface area contributed by atoms with Gasteiger partial charge in [-0.1, -0.05) is 16.0 Å². The summed E-state index contributed by atoms with van der Waals surface area (Å²) in [6.07, 6.45) is 3.23. The van der Waals surface area contributed by atoms with E-state index >= 15 is 0 Å². The van der Waals surface area contributed by atoms with Crippen LogP contribution in [0.2, 0.25) is 5.02 Å². The Bertz CT molecular complexity index is 458. The Balaban J connectivity index is 2.83. The van der Waals surface area contributed by atoms with Gasteiger partial charge in [0.2, 0.25) is 0 Å². The molecular formula is C13H20ClN3OS. The molecule has 1 aromatic rings. The zero-order valence-electron chi connectivity index (χ0n) is 12.0. The number of nitrogens with zero attached hydrogens (tertiary/aromatic N) is 3. The van der Waals surface area contributed by atoms with E-state index in [1.165, 1.54) is 6.21 Å². The highest BCUT2D eigenvalue weighted by Crippen LogP contribution is 2.18. The average Bonchev–Trinajstić information content (AvgIpc) is 2.25. The lowest BCUT2D eigenvalue weighted by atomic mass is 10.2. The van der Waals surface area contributed by atoms with Gasteiger partial charge >= 0.3 is 0 Å². The molecule has 1 heterocycles. The quantitative estimate of drug-likeness (QED) is 0.634. The average molecular weight is 302 g/mol. The number of hydrogen-bond acceptors (Lipinski definition) is 4. The van der Waals surface area contributed by atoms with Crippen molar-refractivity contribution in [3.8, 4) is 0 Å². The van der Waals surface area contributed by atoms with Gasteiger partial charge < -0.3 is 9.45 Å². The second-order valence-electron chi connectivity index (χ2n) is 5.54. The van der Waals surface area contributed by atoms with Gasteiger partial charge in [-0.15, -0.1) is 0 Å². The van der Waals surface area contributed by atoms with Gasteiger partial charge in [0, 0.05) is 12.7 Å². The van der Waals surface area contributed by atoms with Crippen molar-refractivity contribution in [1.29, 1.82) is 0 Å². The third kappa shape index (κ3) is 5.48. The molecule has 0 aliphatic carbocycles. The van der Waals surface area contributed by atoms with Crippen molar-refractivity contribution in [2.45, 2.75) is 32.1 Å². The maximum Gasteiger partial charge on any atom is 0.144 e. The molecule has 0 radical (unpaired) electrons. The smallest absolute Gasteiger partial charge is 0.144 e. The highest BCUT2D eigenvalue weighted by atomic mass is 35.5. The van der Waals surface area contributed by atoms with E-state index in [1.54, 1.807) is 6.20 Å². The maximum atomic E-state index is 11.8. The van der Waals surface area contributed by atoms with E-state index in [4.69, 9.17) is 11.6 Å². The molecule has 1 aromatic heterocycles. The van der Waals surface area contributed by atoms with Crippen LogP contribution in [0, 0.1) is 0 Å². The summed E-state index contributed by atoms with van der Waals surface area (Å²) in [6, 6.07) is 1.86. The molecule has 19 heavy (non-hydrogen) atoms. The van der Waals surface area contributed by atoms with Crippen LogP contribution in [0.5, 0.6) is 0 Å². The van der Waals surface area contributed by atoms with Crippen molar-refractivity contribution < 1.29 is 4.55 Å². The van der Waals surface area contributed by atoms with Crippen LogP contribution in [0.1, 0.15) is 32.0 Å². The van der Waals surface area contributed by atoms with Crippen LogP contribution >= 0.6 is 11.6 Å². The summed E-state index contributed by atoms with van der Waals surface area (Å²) in [6.45, 7) is 6.39. The van der Waals surface area contributed by atoms with Crippen LogP contribution in [0.25, 0.3) is 0 Å². The Hall–Kier alpha value is -0.620. The van der Waals surface area contributed by atoms with Gasteiger partial charge in [-0.25, -0.2) is 0 Å². The monoisotopic (exact) mass is 301 g/mol. The topological polar surface area (TPSA) is 51.5 Å². The lowest BCUT2D eigenvalue weighted by Crippen LogP contribution is -2.25. The van der Waals surface area contributed by atoms with Gasteiger partial charge in [0.1, 0.15) is 28.0 Å². The van der Waals surface area contributed by atoms with E-state index in [0.717, 1.165) is 12.1 Å². The van der Waals surface area contributed by atoms with Crippen molar-refractivity contribution in [3.05, 3.63) is 28.5 Å². The third-order valence-electron chi connectivity index (χ3n) is 2.22. The summed E-state index contributed by atoms with van der Waals surface area (Å²) < 4.78 is 15.4. The molecule has 1 atom stereocenters. The van der Waals surface area contributed by atoms with Crippen molar-refractivity contribution in [2.75, 3.05) is 14.1 Å². The lowest BCUT2D eigenvalue weighted by molar-refractivity contribution is 0.402. The Morgan fingerprint density at radius 3 is 2.58 bits per heavy atom. The van der Waals surface area contributed by atoms with Crippen LogP contribution in [-0.2, 0) is 17.9 Å². The molecule has 0 saturated heterocycles. The minimum Gasteiger partial charge on any atom is -0.591 e. The lowest BCUT2D eigenvalue weighted by Gasteiger charge is -2.17. The van der Waals surface area contributed by atoms with E-state index in [-0.39, 0.29) is 4.75 Å². The molecule has 106 valence electrons. The molecule has 0 N–H and O–H groups in total. The SMILES string of the molecule is CN(C)Cc1cnc(C=N[S@@+]([O-])C(C)(C)C)c(Cl)c1. The summed E-state index contributed by atoms with van der Waals surface area (Å²) >= 11 is 4.84. The third-order valence-corrected chi connectivity index (χ3v) is 3.87. The highest BCUT2D eigenvalue weighted by molar-refractivity contribution is 7.91. The first-order valence-electron chi connectivity index (χ1n) is 5.95. The Morgan fingerprint density at radius 1 is 1.47 bits per heavy atom. The summed E-state index contributed by atoms with van der Waals surface area (Å²) in [5.41, 5.74) is 1.57. The fourth-order valence-corrected chi connectivity index (χ4v) is 2.04. The fourth-order valence-electron chi connectivity index (χ4n) is 1.29. The Labute approximate surface area is 123 Å². The second kappa shape index (κ2) is 6.70. The van der Waals surface area contributed by atoms with Crippen LogP contribution in [0.4, 0.5) is 0 Å². The fraction of sp³-hybridized carbons (Fsp3) is 0.538. The summed E-state index contributed by atoms with van der Waals surface area (Å²) in [5.74, 6) is 0. The maximum absolute atomic E-state index is 11.8. The van der Waals surface area contributed by atoms with Gasteiger partial charge in [-0.05, 0) is 46.5 Å². The van der Waals surface area contributed by atoms with Crippen LogP contribution in [0.15, 0.2) is 16.7 Å². The van der Waals surface area contributed by atoms with Crippen LogP contribution in [-0.4, -0.2) is 39.5 Å². The summed E-state index contributed by atoms with van der Waals surface area (Å²) in [5, 5.41) is 0.522. The van der Waals surface area contributed by atoms with Crippen LogP contribution in [0.3, 0.4) is 0 Å². The van der Waals surface area contributed by atoms with Gasteiger partial charge in [0.15, 0.2) is 0 Å². The first-order chi connectivity index (χ1) is 8.70. The van der Waals surface area contributed by atoms with Crippen molar-refractivity contribution in [2.24, 2.45) is 4.40 Å². The molecule has 0 spiro atoms. The Morgan fingerprint density at radius 2 is 2.11 bits per heavy atom. The van der Waals surface area contributed by atoms with E-state index in [1.807, 2.05) is 45.8 Å².